The Kier molecular flexibility index (Phi) is 5.34. The van der Waals surface area contributed by atoms with Gasteiger partial charge < -0.3 is 15.1 Å². The monoisotopic (exact) mass is 255 g/mol. The third-order valence-electron chi connectivity index (χ3n) is 3.31. The summed E-state index contributed by atoms with van der Waals surface area (Å²) in [4.78, 5) is 25.1. The Morgan fingerprint density at radius 3 is 2.28 bits per heavy atom. The highest BCUT2D eigenvalue weighted by Gasteiger charge is 2.36. The Balaban J connectivity index is 2.85. The molecular formula is C13H21NO4. The van der Waals surface area contributed by atoms with Crippen molar-refractivity contribution in [3.63, 3.8) is 0 Å². The van der Waals surface area contributed by atoms with Crippen molar-refractivity contribution >= 4 is 11.9 Å². The molecule has 0 saturated heterocycles. The molecule has 0 heterocycles. The number of carboxylic acids is 1. The third-order valence-corrected chi connectivity index (χ3v) is 3.31. The van der Waals surface area contributed by atoms with Gasteiger partial charge in [-0.2, -0.15) is 0 Å². The van der Waals surface area contributed by atoms with E-state index in [2.05, 4.69) is 0 Å². The number of carbonyl (C=O) groups is 2. The van der Waals surface area contributed by atoms with Crippen LogP contribution in [0.25, 0.3) is 0 Å². The zero-order chi connectivity index (χ0) is 13.7. The second-order valence-electron chi connectivity index (χ2n) is 4.84. The minimum absolute atomic E-state index is 0.0370. The Bertz CT molecular complexity index is 338. The first-order valence-corrected chi connectivity index (χ1v) is 6.28. The van der Waals surface area contributed by atoms with E-state index in [-0.39, 0.29) is 25.1 Å². The fraction of sp³-hybridized carbons (Fsp3) is 0.692. The minimum Gasteiger partial charge on any atom is -0.481 e. The normalized spacial score (nSPS) is 23.1. The molecule has 1 aliphatic carbocycles. The van der Waals surface area contributed by atoms with Gasteiger partial charge in [-0.3, -0.25) is 9.59 Å². The van der Waals surface area contributed by atoms with Crippen molar-refractivity contribution in [2.75, 3.05) is 13.2 Å². The molecule has 0 aliphatic heterocycles. The average molecular weight is 255 g/mol. The molecule has 5 nitrogen and oxygen atoms in total. The van der Waals surface area contributed by atoms with E-state index in [9.17, 15) is 9.59 Å². The predicted molar refractivity (Wildman–Crippen MR) is 66.9 cm³/mol. The van der Waals surface area contributed by atoms with E-state index in [1.54, 1.807) is 4.90 Å². The van der Waals surface area contributed by atoms with E-state index in [0.29, 0.717) is 12.8 Å². The molecule has 1 amide bonds. The lowest BCUT2D eigenvalue weighted by Crippen LogP contribution is -2.46. The second kappa shape index (κ2) is 6.54. The van der Waals surface area contributed by atoms with Gasteiger partial charge in [0.15, 0.2) is 0 Å². The summed E-state index contributed by atoms with van der Waals surface area (Å²) in [5, 5.41) is 18.1. The summed E-state index contributed by atoms with van der Waals surface area (Å²) < 4.78 is 0. The third kappa shape index (κ3) is 3.32. The van der Waals surface area contributed by atoms with Crippen LogP contribution in [0.4, 0.5) is 0 Å². The molecule has 2 unspecified atom stereocenters. The minimum atomic E-state index is -0.926. The number of aliphatic hydroxyl groups is 1. The fourth-order valence-electron chi connectivity index (χ4n) is 2.30. The van der Waals surface area contributed by atoms with Crippen LogP contribution in [0, 0.1) is 11.8 Å². The maximum absolute atomic E-state index is 12.4. The molecule has 1 aliphatic rings. The molecule has 0 bridgehead atoms. The van der Waals surface area contributed by atoms with Crippen molar-refractivity contribution in [2.45, 2.75) is 32.7 Å². The SMILES string of the molecule is CC(C)N(CCO)C(=O)C1CC=CCC1C(=O)O. The molecule has 18 heavy (non-hydrogen) atoms. The number of aliphatic carboxylic acids is 1. The summed E-state index contributed by atoms with van der Waals surface area (Å²) in [6, 6.07) is -0.0370. The smallest absolute Gasteiger partial charge is 0.307 e. The van der Waals surface area contributed by atoms with Crippen LogP contribution >= 0.6 is 0 Å². The Labute approximate surface area is 107 Å². The topological polar surface area (TPSA) is 77.8 Å². The molecule has 0 aromatic carbocycles. The first-order valence-electron chi connectivity index (χ1n) is 6.28. The van der Waals surface area contributed by atoms with Crippen molar-refractivity contribution in [3.05, 3.63) is 12.2 Å². The van der Waals surface area contributed by atoms with E-state index in [1.165, 1.54) is 0 Å². The van der Waals surface area contributed by atoms with Gasteiger partial charge in [0.05, 0.1) is 18.4 Å². The molecule has 0 saturated carbocycles. The van der Waals surface area contributed by atoms with Crippen LogP contribution in [0.15, 0.2) is 12.2 Å². The summed E-state index contributed by atoms with van der Waals surface area (Å²) in [5.74, 6) is -2.26. The van der Waals surface area contributed by atoms with Gasteiger partial charge in [-0.1, -0.05) is 12.2 Å². The van der Waals surface area contributed by atoms with Crippen molar-refractivity contribution in [1.29, 1.82) is 0 Å². The maximum atomic E-state index is 12.4. The van der Waals surface area contributed by atoms with Crippen LogP contribution in [0.1, 0.15) is 26.7 Å². The van der Waals surface area contributed by atoms with E-state index in [4.69, 9.17) is 10.2 Å². The van der Waals surface area contributed by atoms with Crippen LogP contribution in [0.5, 0.6) is 0 Å². The van der Waals surface area contributed by atoms with Crippen LogP contribution in [-0.4, -0.2) is 46.2 Å². The summed E-state index contributed by atoms with van der Waals surface area (Å²) in [5.41, 5.74) is 0. The van der Waals surface area contributed by atoms with Crippen LogP contribution in [0.3, 0.4) is 0 Å². The lowest BCUT2D eigenvalue weighted by atomic mass is 9.82. The summed E-state index contributed by atoms with van der Waals surface area (Å²) in [6.07, 6.45) is 4.54. The number of carboxylic acid groups (broad SMARTS) is 1. The van der Waals surface area contributed by atoms with Crippen LogP contribution in [0.2, 0.25) is 0 Å². The molecule has 2 atom stereocenters. The largest absolute Gasteiger partial charge is 0.481 e. The van der Waals surface area contributed by atoms with E-state index < -0.39 is 17.8 Å². The lowest BCUT2D eigenvalue weighted by molar-refractivity contribution is -0.151. The summed E-state index contributed by atoms with van der Waals surface area (Å²) in [7, 11) is 0. The Morgan fingerprint density at radius 1 is 1.28 bits per heavy atom. The molecule has 0 aromatic rings. The average Bonchev–Trinajstić information content (AvgIpc) is 2.34. The maximum Gasteiger partial charge on any atom is 0.307 e. The van der Waals surface area contributed by atoms with Crippen molar-refractivity contribution in [2.24, 2.45) is 11.8 Å². The highest BCUT2D eigenvalue weighted by Crippen LogP contribution is 2.28. The van der Waals surface area contributed by atoms with Crippen molar-refractivity contribution in [1.82, 2.24) is 4.90 Å². The van der Waals surface area contributed by atoms with E-state index in [0.717, 1.165) is 0 Å². The molecular weight excluding hydrogens is 234 g/mol. The summed E-state index contributed by atoms with van der Waals surface area (Å²) >= 11 is 0. The molecule has 2 N–H and O–H groups in total. The quantitative estimate of drug-likeness (QED) is 0.715. The van der Waals surface area contributed by atoms with Gasteiger partial charge >= 0.3 is 5.97 Å². The second-order valence-corrected chi connectivity index (χ2v) is 4.84. The number of allylic oxidation sites excluding steroid dienone is 2. The molecule has 0 fully saturated rings. The summed E-state index contributed by atoms with van der Waals surface area (Å²) in [6.45, 7) is 3.87. The van der Waals surface area contributed by atoms with Gasteiger partial charge in [0.25, 0.3) is 0 Å². The van der Waals surface area contributed by atoms with Crippen LogP contribution in [-0.2, 0) is 9.59 Å². The highest BCUT2D eigenvalue weighted by molar-refractivity contribution is 5.85. The van der Waals surface area contributed by atoms with Gasteiger partial charge in [0, 0.05) is 12.6 Å². The van der Waals surface area contributed by atoms with Gasteiger partial charge in [-0.25, -0.2) is 0 Å². The molecule has 0 aromatic heterocycles. The number of carbonyl (C=O) groups excluding carboxylic acids is 1. The number of hydrogen-bond acceptors (Lipinski definition) is 3. The highest BCUT2D eigenvalue weighted by atomic mass is 16.4. The van der Waals surface area contributed by atoms with Crippen molar-refractivity contribution < 1.29 is 19.8 Å². The first kappa shape index (κ1) is 14.7. The standard InChI is InChI=1S/C13H21NO4/c1-9(2)14(7-8-15)12(16)10-5-3-4-6-11(10)13(17)18/h3-4,9-11,15H,5-8H2,1-2H3,(H,17,18). The Hall–Kier alpha value is -1.36. The van der Waals surface area contributed by atoms with E-state index in [1.807, 2.05) is 26.0 Å². The van der Waals surface area contributed by atoms with Crippen LogP contribution < -0.4 is 0 Å². The fourth-order valence-corrected chi connectivity index (χ4v) is 2.30. The van der Waals surface area contributed by atoms with Gasteiger partial charge in [-0.05, 0) is 26.7 Å². The molecule has 1 rings (SSSR count). The van der Waals surface area contributed by atoms with Crippen molar-refractivity contribution in [3.8, 4) is 0 Å². The van der Waals surface area contributed by atoms with Gasteiger partial charge in [0.2, 0.25) is 5.91 Å². The molecule has 0 spiro atoms. The zero-order valence-corrected chi connectivity index (χ0v) is 10.9. The van der Waals surface area contributed by atoms with Gasteiger partial charge in [0.1, 0.15) is 0 Å². The molecule has 5 heteroatoms. The number of hydrogen-bond donors (Lipinski definition) is 2. The molecule has 102 valence electrons. The van der Waals surface area contributed by atoms with Gasteiger partial charge in [-0.15, -0.1) is 0 Å². The number of amides is 1. The zero-order valence-electron chi connectivity index (χ0n) is 10.9. The predicted octanol–water partition coefficient (Wildman–Crippen LogP) is 0.883. The number of rotatable bonds is 5. The first-order chi connectivity index (χ1) is 8.49. The Morgan fingerprint density at radius 2 is 1.83 bits per heavy atom. The molecule has 0 radical (unpaired) electrons. The lowest BCUT2D eigenvalue weighted by Gasteiger charge is -2.33. The number of nitrogens with zero attached hydrogens (tertiary/aromatic N) is 1. The van der Waals surface area contributed by atoms with E-state index >= 15 is 0 Å². The number of aliphatic hydroxyl groups excluding tert-OH is 1.